The number of likely N-dealkylation sites (tertiary alicyclic amines) is 1. The van der Waals surface area contributed by atoms with Crippen molar-refractivity contribution in [1.82, 2.24) is 4.90 Å². The van der Waals surface area contributed by atoms with E-state index in [2.05, 4.69) is 33.9 Å². The average molecular weight is 589 g/mol. The third-order valence-corrected chi connectivity index (χ3v) is 13.2. The second-order valence-corrected chi connectivity index (χ2v) is 17.3. The summed E-state index contributed by atoms with van der Waals surface area (Å²) in [6.45, 7) is 11.9. The standard InChI is InChI=1S/C34H44N2O5Si/c1-34(2,3)42(4,5)41-24-29-28(23-39-21-25-15-9-6-10-16-25)30(32(35)37)31(27-19-13-8-14-20-27)36(29)33(38)40-22-26-17-11-7-12-18-26/h6-20,28-31H,21-24H2,1-5H3,(H2,35,37)/t28-,29-,30-,31+/m1/s1. The van der Waals surface area contributed by atoms with Crippen LogP contribution in [-0.4, -0.2) is 44.5 Å². The number of amides is 2. The maximum Gasteiger partial charge on any atom is 0.410 e. The zero-order valence-corrected chi connectivity index (χ0v) is 26.4. The first-order chi connectivity index (χ1) is 20.0. The zero-order valence-electron chi connectivity index (χ0n) is 25.4. The van der Waals surface area contributed by atoms with E-state index in [0.717, 1.165) is 16.7 Å². The van der Waals surface area contributed by atoms with Crippen molar-refractivity contribution in [2.75, 3.05) is 13.2 Å². The quantitative estimate of drug-likeness (QED) is 0.252. The fourth-order valence-corrected chi connectivity index (χ4v) is 6.32. The summed E-state index contributed by atoms with van der Waals surface area (Å²) < 4.78 is 18.8. The van der Waals surface area contributed by atoms with Crippen molar-refractivity contribution in [2.24, 2.45) is 17.6 Å². The smallest absolute Gasteiger partial charge is 0.410 e. The van der Waals surface area contributed by atoms with Gasteiger partial charge in [-0.1, -0.05) is 112 Å². The number of hydrogen-bond acceptors (Lipinski definition) is 5. The summed E-state index contributed by atoms with van der Waals surface area (Å²) in [5, 5.41) is -0.0362. The largest absolute Gasteiger partial charge is 0.445 e. The van der Waals surface area contributed by atoms with Gasteiger partial charge in [-0.3, -0.25) is 9.69 Å². The molecule has 0 saturated carbocycles. The molecule has 1 saturated heterocycles. The highest BCUT2D eigenvalue weighted by molar-refractivity contribution is 6.74. The van der Waals surface area contributed by atoms with Crippen LogP contribution in [0.5, 0.6) is 0 Å². The molecule has 3 aromatic carbocycles. The molecule has 0 aromatic heterocycles. The van der Waals surface area contributed by atoms with E-state index in [4.69, 9.17) is 19.6 Å². The molecule has 224 valence electrons. The molecule has 1 heterocycles. The van der Waals surface area contributed by atoms with E-state index in [9.17, 15) is 9.59 Å². The molecule has 4 rings (SSSR count). The first-order valence-electron chi connectivity index (χ1n) is 14.6. The van der Waals surface area contributed by atoms with Crippen LogP contribution in [0.3, 0.4) is 0 Å². The highest BCUT2D eigenvalue weighted by Gasteiger charge is 2.55. The van der Waals surface area contributed by atoms with Gasteiger partial charge in [0.2, 0.25) is 5.91 Å². The molecule has 0 aliphatic carbocycles. The second kappa shape index (κ2) is 13.7. The number of rotatable bonds is 11. The molecule has 1 aliphatic heterocycles. The predicted octanol–water partition coefficient (Wildman–Crippen LogP) is 6.71. The van der Waals surface area contributed by atoms with Gasteiger partial charge in [-0.05, 0) is 34.8 Å². The maximum atomic E-state index is 14.0. The van der Waals surface area contributed by atoms with Crippen molar-refractivity contribution in [3.63, 3.8) is 0 Å². The Morgan fingerprint density at radius 2 is 1.33 bits per heavy atom. The van der Waals surface area contributed by atoms with E-state index in [0.29, 0.717) is 6.61 Å². The highest BCUT2D eigenvalue weighted by atomic mass is 28.4. The van der Waals surface area contributed by atoms with Crippen LogP contribution in [0.1, 0.15) is 43.5 Å². The van der Waals surface area contributed by atoms with Crippen LogP contribution >= 0.6 is 0 Å². The van der Waals surface area contributed by atoms with Crippen LogP contribution in [0.25, 0.3) is 0 Å². The minimum Gasteiger partial charge on any atom is -0.445 e. The van der Waals surface area contributed by atoms with Gasteiger partial charge in [0.05, 0.1) is 37.8 Å². The van der Waals surface area contributed by atoms with Gasteiger partial charge in [-0.15, -0.1) is 0 Å². The van der Waals surface area contributed by atoms with Gasteiger partial charge in [0.15, 0.2) is 8.32 Å². The number of carbonyl (C=O) groups is 2. The van der Waals surface area contributed by atoms with Crippen LogP contribution in [0, 0.1) is 11.8 Å². The summed E-state index contributed by atoms with van der Waals surface area (Å²) in [7, 11) is -2.21. The Labute approximate surface area is 251 Å². The Bertz CT molecular complexity index is 1300. The molecular formula is C34H44N2O5Si. The van der Waals surface area contributed by atoms with Crippen LogP contribution in [0.2, 0.25) is 18.1 Å². The van der Waals surface area contributed by atoms with Crippen LogP contribution in [-0.2, 0) is 31.9 Å². The molecule has 2 N–H and O–H groups in total. The molecule has 1 aliphatic rings. The topological polar surface area (TPSA) is 91.1 Å². The summed E-state index contributed by atoms with van der Waals surface area (Å²) in [6.07, 6.45) is -0.506. The van der Waals surface area contributed by atoms with Gasteiger partial charge < -0.3 is 19.6 Å². The molecule has 0 bridgehead atoms. The predicted molar refractivity (Wildman–Crippen MR) is 167 cm³/mol. The Morgan fingerprint density at radius 3 is 1.86 bits per heavy atom. The lowest BCUT2D eigenvalue weighted by Crippen LogP contribution is -2.48. The van der Waals surface area contributed by atoms with Crippen LogP contribution in [0.4, 0.5) is 4.79 Å². The van der Waals surface area contributed by atoms with E-state index in [1.807, 2.05) is 91.0 Å². The highest BCUT2D eigenvalue weighted by Crippen LogP contribution is 2.47. The fourth-order valence-electron chi connectivity index (χ4n) is 5.30. The van der Waals surface area contributed by atoms with E-state index in [1.165, 1.54) is 0 Å². The lowest BCUT2D eigenvalue weighted by molar-refractivity contribution is -0.124. The van der Waals surface area contributed by atoms with Gasteiger partial charge in [0.1, 0.15) is 6.61 Å². The van der Waals surface area contributed by atoms with Gasteiger partial charge in [-0.25, -0.2) is 4.79 Å². The van der Waals surface area contributed by atoms with Gasteiger partial charge in [-0.2, -0.15) is 0 Å². The first kappa shape index (κ1) is 31.5. The molecule has 0 unspecified atom stereocenters. The third-order valence-electron chi connectivity index (χ3n) is 8.68. The summed E-state index contributed by atoms with van der Waals surface area (Å²) >= 11 is 0. The monoisotopic (exact) mass is 588 g/mol. The molecule has 42 heavy (non-hydrogen) atoms. The fraction of sp³-hybridized carbons (Fsp3) is 0.412. The number of benzene rings is 3. The zero-order chi connectivity index (χ0) is 30.3. The summed E-state index contributed by atoms with van der Waals surface area (Å²) in [5.41, 5.74) is 8.86. The van der Waals surface area contributed by atoms with Crippen molar-refractivity contribution in [1.29, 1.82) is 0 Å². The van der Waals surface area contributed by atoms with Crippen molar-refractivity contribution < 1.29 is 23.5 Å². The lowest BCUT2D eigenvalue weighted by Gasteiger charge is -2.39. The van der Waals surface area contributed by atoms with Crippen molar-refractivity contribution in [3.05, 3.63) is 108 Å². The van der Waals surface area contributed by atoms with Crippen molar-refractivity contribution >= 4 is 20.3 Å². The van der Waals surface area contributed by atoms with Gasteiger partial charge in [0, 0.05) is 5.92 Å². The first-order valence-corrected chi connectivity index (χ1v) is 17.5. The van der Waals surface area contributed by atoms with Gasteiger partial charge >= 0.3 is 6.09 Å². The average Bonchev–Trinajstić information content (AvgIpc) is 3.30. The van der Waals surface area contributed by atoms with Crippen LogP contribution < -0.4 is 5.73 Å². The SMILES string of the molecule is CC(C)(C)[Si](C)(C)OC[C@@H]1[C@@H](COCc2ccccc2)[C@@H](C(N)=O)[C@H](c2ccccc2)N1C(=O)OCc1ccccc1. The molecule has 8 heteroatoms. The Morgan fingerprint density at radius 1 is 0.810 bits per heavy atom. The number of ether oxygens (including phenoxy) is 2. The van der Waals surface area contributed by atoms with E-state index in [1.54, 1.807) is 4.90 Å². The number of nitrogens with two attached hydrogens (primary N) is 1. The van der Waals surface area contributed by atoms with Crippen LogP contribution in [0.15, 0.2) is 91.0 Å². The third kappa shape index (κ3) is 7.48. The summed E-state index contributed by atoms with van der Waals surface area (Å²) in [5.74, 6) is -1.57. The Hall–Kier alpha value is -3.46. The normalized spacial score (nSPS) is 20.8. The molecule has 2 amide bonds. The molecule has 3 aromatic rings. The summed E-state index contributed by atoms with van der Waals surface area (Å²) in [6, 6.07) is 27.9. The minimum atomic E-state index is -2.21. The minimum absolute atomic E-state index is 0.0362. The van der Waals surface area contributed by atoms with E-state index >= 15 is 0 Å². The van der Waals surface area contributed by atoms with E-state index < -0.39 is 44.2 Å². The second-order valence-electron chi connectivity index (χ2n) is 12.5. The Balaban J connectivity index is 1.70. The number of carbonyl (C=O) groups excluding carboxylic acids is 2. The van der Waals surface area contributed by atoms with Crippen molar-refractivity contribution in [3.8, 4) is 0 Å². The molecule has 0 spiro atoms. The maximum absolute atomic E-state index is 14.0. The molecule has 4 atom stereocenters. The van der Waals surface area contributed by atoms with Crippen molar-refractivity contribution in [2.45, 2.75) is 64.2 Å². The summed E-state index contributed by atoms with van der Waals surface area (Å²) in [4.78, 5) is 28.9. The Kier molecular flexibility index (Phi) is 10.2. The van der Waals surface area contributed by atoms with E-state index in [-0.39, 0.29) is 24.9 Å². The lowest BCUT2D eigenvalue weighted by atomic mass is 9.84. The number of nitrogens with zero attached hydrogens (tertiary/aromatic N) is 1. The molecule has 7 nitrogen and oxygen atoms in total. The number of hydrogen-bond donors (Lipinski definition) is 1. The number of primary amides is 1. The molecule has 1 fully saturated rings. The van der Waals surface area contributed by atoms with Gasteiger partial charge in [0.25, 0.3) is 0 Å². The molecular weight excluding hydrogens is 544 g/mol. The molecule has 0 radical (unpaired) electrons.